The van der Waals surface area contributed by atoms with Gasteiger partial charge in [-0.2, -0.15) is 0 Å². The van der Waals surface area contributed by atoms with E-state index >= 15 is 0 Å². The van der Waals surface area contributed by atoms with Gasteiger partial charge in [-0.15, -0.1) is 0 Å². The fourth-order valence-corrected chi connectivity index (χ4v) is 2.77. The number of aryl methyl sites for hydroxylation is 1. The van der Waals surface area contributed by atoms with E-state index in [0.29, 0.717) is 11.4 Å². The molecule has 0 saturated carbocycles. The van der Waals surface area contributed by atoms with Crippen molar-refractivity contribution in [3.05, 3.63) is 63.2 Å². The molecule has 0 aromatic heterocycles. The molecule has 0 saturated heterocycles. The van der Waals surface area contributed by atoms with Crippen molar-refractivity contribution in [3.8, 4) is 0 Å². The largest absolute Gasteiger partial charge is 0.377 e. The fraction of sp³-hybridized carbons (Fsp3) is 0.300. The highest BCUT2D eigenvalue weighted by molar-refractivity contribution is 6.03. The van der Waals surface area contributed by atoms with E-state index < -0.39 is 10.8 Å². The molecule has 0 radical (unpaired) electrons. The first-order chi connectivity index (χ1) is 13.1. The van der Waals surface area contributed by atoms with Crippen LogP contribution < -0.4 is 10.2 Å². The summed E-state index contributed by atoms with van der Waals surface area (Å²) in [6.07, 6.45) is 0. The van der Waals surface area contributed by atoms with Gasteiger partial charge in [-0.3, -0.25) is 19.7 Å². The molecule has 2 aromatic rings. The molecule has 8 heteroatoms. The first-order valence-electron chi connectivity index (χ1n) is 8.69. The summed E-state index contributed by atoms with van der Waals surface area (Å²) in [4.78, 5) is 38.7. The summed E-state index contributed by atoms with van der Waals surface area (Å²) in [5, 5.41) is 13.9. The molecule has 2 aromatic carbocycles. The number of carbonyl (C=O) groups is 2. The lowest BCUT2D eigenvalue weighted by Gasteiger charge is -2.21. The Labute approximate surface area is 163 Å². The van der Waals surface area contributed by atoms with Crippen LogP contribution in [0.3, 0.4) is 0 Å². The quantitative estimate of drug-likeness (QED) is 0.610. The Balaban J connectivity index is 2.20. The second-order valence-electron chi connectivity index (χ2n) is 6.81. The minimum atomic E-state index is -0.552. The van der Waals surface area contributed by atoms with Crippen molar-refractivity contribution in [2.24, 2.45) is 0 Å². The molecule has 2 rings (SSSR count). The van der Waals surface area contributed by atoms with Gasteiger partial charge >= 0.3 is 0 Å². The van der Waals surface area contributed by atoms with Crippen molar-refractivity contribution in [3.63, 3.8) is 0 Å². The maximum atomic E-state index is 12.9. The Hall–Kier alpha value is -3.42. The lowest BCUT2D eigenvalue weighted by Crippen LogP contribution is -2.35. The van der Waals surface area contributed by atoms with Crippen LogP contribution in [0.1, 0.15) is 21.5 Å². The van der Waals surface area contributed by atoms with E-state index in [-0.39, 0.29) is 23.7 Å². The third-order valence-corrected chi connectivity index (χ3v) is 4.51. The zero-order valence-electron chi connectivity index (χ0n) is 16.6. The van der Waals surface area contributed by atoms with Crippen molar-refractivity contribution in [2.45, 2.75) is 13.8 Å². The van der Waals surface area contributed by atoms with Crippen molar-refractivity contribution in [1.29, 1.82) is 0 Å². The van der Waals surface area contributed by atoms with Gasteiger partial charge in [0.1, 0.15) is 0 Å². The molecule has 0 fully saturated rings. The molecule has 1 N–H and O–H groups in total. The van der Waals surface area contributed by atoms with Gasteiger partial charge in [-0.25, -0.2) is 0 Å². The fourth-order valence-electron chi connectivity index (χ4n) is 2.77. The van der Waals surface area contributed by atoms with Gasteiger partial charge in [0.15, 0.2) is 0 Å². The third kappa shape index (κ3) is 4.64. The highest BCUT2D eigenvalue weighted by Gasteiger charge is 2.22. The summed E-state index contributed by atoms with van der Waals surface area (Å²) < 4.78 is 0. The third-order valence-electron chi connectivity index (χ3n) is 4.51. The molecule has 0 aliphatic rings. The Morgan fingerprint density at radius 3 is 2.39 bits per heavy atom. The zero-order valence-corrected chi connectivity index (χ0v) is 16.6. The Morgan fingerprint density at radius 2 is 1.79 bits per heavy atom. The molecular weight excluding hydrogens is 360 g/mol. The number of carbonyl (C=O) groups excluding carboxylic acids is 2. The second kappa shape index (κ2) is 8.51. The first kappa shape index (κ1) is 20.9. The van der Waals surface area contributed by atoms with Gasteiger partial charge in [0.05, 0.1) is 17.0 Å². The van der Waals surface area contributed by atoms with E-state index in [0.717, 1.165) is 11.1 Å². The van der Waals surface area contributed by atoms with Crippen molar-refractivity contribution < 1.29 is 14.5 Å². The predicted octanol–water partition coefficient (Wildman–Crippen LogP) is 2.99. The molecule has 0 aliphatic heterocycles. The molecule has 0 spiro atoms. The normalized spacial score (nSPS) is 10.3. The Bertz CT molecular complexity index is 924. The summed E-state index contributed by atoms with van der Waals surface area (Å²) in [7, 11) is 4.97. The van der Waals surface area contributed by atoms with Gasteiger partial charge in [0.25, 0.3) is 11.6 Å². The van der Waals surface area contributed by atoms with Crippen LogP contribution in [0.15, 0.2) is 36.4 Å². The monoisotopic (exact) mass is 384 g/mol. The van der Waals surface area contributed by atoms with Crippen LogP contribution in [-0.4, -0.2) is 49.3 Å². The number of rotatable bonds is 6. The van der Waals surface area contributed by atoms with E-state index in [2.05, 4.69) is 5.32 Å². The van der Waals surface area contributed by atoms with Gasteiger partial charge in [0, 0.05) is 44.7 Å². The lowest BCUT2D eigenvalue weighted by atomic mass is 10.1. The lowest BCUT2D eigenvalue weighted by molar-refractivity contribution is -0.384. The van der Waals surface area contributed by atoms with Gasteiger partial charge < -0.3 is 15.1 Å². The van der Waals surface area contributed by atoms with Crippen LogP contribution in [0, 0.1) is 24.0 Å². The molecule has 0 bridgehead atoms. The van der Waals surface area contributed by atoms with Crippen LogP contribution in [-0.2, 0) is 4.79 Å². The number of nitro benzene ring substituents is 1. The van der Waals surface area contributed by atoms with E-state index in [1.807, 2.05) is 26.0 Å². The number of hydrogen-bond donors (Lipinski definition) is 1. The number of amides is 2. The molecular formula is C20H24N4O4. The van der Waals surface area contributed by atoms with Crippen LogP contribution in [0.5, 0.6) is 0 Å². The Morgan fingerprint density at radius 1 is 1.11 bits per heavy atom. The minimum absolute atomic E-state index is 0.168. The van der Waals surface area contributed by atoms with Crippen molar-refractivity contribution in [1.82, 2.24) is 4.90 Å². The summed E-state index contributed by atoms with van der Waals surface area (Å²) in [6, 6.07) is 9.70. The second-order valence-corrected chi connectivity index (χ2v) is 6.81. The number of nitro groups is 1. The smallest absolute Gasteiger partial charge is 0.270 e. The highest BCUT2D eigenvalue weighted by Crippen LogP contribution is 2.25. The van der Waals surface area contributed by atoms with Crippen LogP contribution in [0.2, 0.25) is 0 Å². The van der Waals surface area contributed by atoms with Gasteiger partial charge in [-0.1, -0.05) is 12.1 Å². The Kier molecular flexibility index (Phi) is 6.35. The summed E-state index contributed by atoms with van der Waals surface area (Å²) in [5.74, 6) is -0.815. The number of nitrogens with zero attached hydrogens (tertiary/aromatic N) is 3. The number of likely N-dealkylation sites (N-methyl/N-ethyl adjacent to an activating group) is 1. The zero-order chi connectivity index (χ0) is 21.0. The predicted molar refractivity (Wildman–Crippen MR) is 109 cm³/mol. The van der Waals surface area contributed by atoms with E-state index in [1.165, 1.54) is 30.1 Å². The first-order valence-corrected chi connectivity index (χ1v) is 8.69. The van der Waals surface area contributed by atoms with Gasteiger partial charge in [-0.05, 0) is 37.1 Å². The number of nitrogens with one attached hydrogen (secondary N) is 1. The topological polar surface area (TPSA) is 95.8 Å². The number of anilines is 2. The molecule has 0 atom stereocenters. The summed E-state index contributed by atoms with van der Waals surface area (Å²) >= 11 is 0. The molecule has 0 aliphatic carbocycles. The average Bonchev–Trinajstić information content (AvgIpc) is 2.64. The van der Waals surface area contributed by atoms with Crippen molar-refractivity contribution in [2.75, 3.05) is 37.9 Å². The minimum Gasteiger partial charge on any atom is -0.377 e. The molecule has 0 unspecified atom stereocenters. The number of non-ortho nitro benzene ring substituents is 1. The number of benzene rings is 2. The maximum absolute atomic E-state index is 12.9. The van der Waals surface area contributed by atoms with Gasteiger partial charge in [0.2, 0.25) is 5.91 Å². The van der Waals surface area contributed by atoms with E-state index in [1.54, 1.807) is 25.1 Å². The van der Waals surface area contributed by atoms with Crippen LogP contribution in [0.4, 0.5) is 17.1 Å². The molecule has 148 valence electrons. The van der Waals surface area contributed by atoms with Crippen molar-refractivity contribution >= 4 is 28.9 Å². The van der Waals surface area contributed by atoms with E-state index in [9.17, 15) is 19.7 Å². The van der Waals surface area contributed by atoms with Crippen LogP contribution >= 0.6 is 0 Å². The number of hydrogen-bond acceptors (Lipinski definition) is 5. The summed E-state index contributed by atoms with van der Waals surface area (Å²) in [6.45, 7) is 3.68. The molecule has 8 nitrogen and oxygen atoms in total. The standard InChI is InChI=1S/C20H24N4O4/c1-13-7-6-8-17(14(13)2)21-19(25)12-23(5)20(26)16-11-15(24(27)28)9-10-18(16)22(3)4/h6-11H,12H2,1-5H3,(H,21,25). The molecule has 0 heterocycles. The highest BCUT2D eigenvalue weighted by atomic mass is 16.6. The average molecular weight is 384 g/mol. The van der Waals surface area contributed by atoms with E-state index in [4.69, 9.17) is 0 Å². The molecule has 28 heavy (non-hydrogen) atoms. The molecule has 2 amide bonds. The maximum Gasteiger partial charge on any atom is 0.270 e. The van der Waals surface area contributed by atoms with Crippen LogP contribution in [0.25, 0.3) is 0 Å². The SMILES string of the molecule is Cc1cccc(NC(=O)CN(C)C(=O)c2cc([N+](=O)[O-])ccc2N(C)C)c1C. The summed E-state index contributed by atoms with van der Waals surface area (Å²) in [5.41, 5.74) is 3.23.